The Morgan fingerprint density at radius 2 is 1.43 bits per heavy atom. The van der Waals surface area contributed by atoms with E-state index < -0.39 is 0 Å². The second-order valence-corrected chi connectivity index (χ2v) is 8.14. The Labute approximate surface area is 145 Å². The molecule has 0 rings (SSSR count). The molecule has 0 aromatic carbocycles. The molecule has 0 aromatic rings. The number of nitrogens with one attached hydrogen (secondary N) is 1. The second kappa shape index (κ2) is 13.2. The van der Waals surface area contributed by atoms with Gasteiger partial charge >= 0.3 is 0 Å². The highest BCUT2D eigenvalue weighted by Gasteiger charge is 2.27. The summed E-state index contributed by atoms with van der Waals surface area (Å²) in [6, 6.07) is 0. The fraction of sp³-hybridized carbons (Fsp3) is 1.00. The average molecular weight is 329 g/mol. The maximum Gasteiger partial charge on any atom is 0.0546 e. The van der Waals surface area contributed by atoms with Crippen molar-refractivity contribution in [3.8, 4) is 0 Å². The van der Waals surface area contributed by atoms with Gasteiger partial charge in [0.2, 0.25) is 0 Å². The highest BCUT2D eigenvalue weighted by molar-refractivity contribution is 4.79. The van der Waals surface area contributed by atoms with Crippen LogP contribution in [0, 0.1) is 17.3 Å². The predicted molar refractivity (Wildman–Crippen MR) is 103 cm³/mol. The van der Waals surface area contributed by atoms with Crippen LogP contribution in [0.5, 0.6) is 0 Å². The van der Waals surface area contributed by atoms with Crippen molar-refractivity contribution in [3.05, 3.63) is 0 Å². The Morgan fingerprint density at radius 3 is 2.04 bits per heavy atom. The minimum absolute atomic E-state index is 0.125. The molecule has 0 saturated heterocycles. The molecule has 0 bridgehead atoms. The van der Waals surface area contributed by atoms with Gasteiger partial charge in [-0.25, -0.2) is 0 Å². The third kappa shape index (κ3) is 11.9. The molecule has 140 valence electrons. The molecule has 0 saturated carbocycles. The minimum atomic E-state index is 0.125. The van der Waals surface area contributed by atoms with Crippen LogP contribution in [0.25, 0.3) is 0 Å². The molecular formula is C19H44N4. The van der Waals surface area contributed by atoms with Gasteiger partial charge < -0.3 is 22.5 Å². The van der Waals surface area contributed by atoms with Crippen molar-refractivity contribution < 1.29 is 0 Å². The lowest BCUT2D eigenvalue weighted by Gasteiger charge is -2.35. The van der Waals surface area contributed by atoms with Gasteiger partial charge in [-0.15, -0.1) is 0 Å². The van der Waals surface area contributed by atoms with Gasteiger partial charge in [0.05, 0.1) is 6.17 Å². The molecule has 4 heteroatoms. The molecule has 0 aliphatic heterocycles. The van der Waals surface area contributed by atoms with Gasteiger partial charge in [0, 0.05) is 0 Å². The van der Waals surface area contributed by atoms with E-state index in [1.165, 1.54) is 32.1 Å². The quantitative estimate of drug-likeness (QED) is 0.274. The topological polar surface area (TPSA) is 90.1 Å². The maximum absolute atomic E-state index is 6.15. The van der Waals surface area contributed by atoms with E-state index in [0.29, 0.717) is 11.3 Å². The molecule has 0 fully saturated rings. The van der Waals surface area contributed by atoms with Crippen LogP contribution in [0.15, 0.2) is 0 Å². The molecule has 0 aliphatic rings. The van der Waals surface area contributed by atoms with Crippen LogP contribution < -0.4 is 22.5 Å². The fourth-order valence-corrected chi connectivity index (χ4v) is 3.30. The van der Waals surface area contributed by atoms with Crippen molar-refractivity contribution in [1.29, 1.82) is 0 Å². The zero-order chi connectivity index (χ0) is 17.7. The Balaban J connectivity index is 3.94. The Kier molecular flexibility index (Phi) is 13.1. The van der Waals surface area contributed by atoms with Crippen LogP contribution in [-0.4, -0.2) is 25.8 Å². The van der Waals surface area contributed by atoms with Crippen molar-refractivity contribution in [1.82, 2.24) is 5.32 Å². The molecule has 3 atom stereocenters. The van der Waals surface area contributed by atoms with Crippen molar-refractivity contribution in [3.63, 3.8) is 0 Å². The summed E-state index contributed by atoms with van der Waals surface area (Å²) < 4.78 is 0. The SMILES string of the molecule is CC(CNC(N)CCCCCN)CC(C)(C)C(C)CCCCN. The van der Waals surface area contributed by atoms with Gasteiger partial charge in [-0.3, -0.25) is 0 Å². The number of hydrogen-bond acceptors (Lipinski definition) is 4. The van der Waals surface area contributed by atoms with E-state index >= 15 is 0 Å². The van der Waals surface area contributed by atoms with Crippen LogP contribution in [-0.2, 0) is 0 Å². The smallest absolute Gasteiger partial charge is 0.0546 e. The first-order valence-electron chi connectivity index (χ1n) is 9.72. The molecular weight excluding hydrogens is 284 g/mol. The number of unbranched alkanes of at least 4 members (excludes halogenated alkanes) is 3. The first-order chi connectivity index (χ1) is 10.8. The summed E-state index contributed by atoms with van der Waals surface area (Å²) in [6.07, 6.45) is 9.57. The summed E-state index contributed by atoms with van der Waals surface area (Å²) in [4.78, 5) is 0. The van der Waals surface area contributed by atoms with Gasteiger partial charge in [0.15, 0.2) is 0 Å². The molecule has 0 aromatic heterocycles. The standard InChI is InChI=1S/C19H44N4/c1-16(15-23-18(22)11-6-5-8-12-20)14-19(3,4)17(2)10-7-9-13-21/h16-18,23H,5-15,20-22H2,1-4H3. The first kappa shape index (κ1) is 22.8. The van der Waals surface area contributed by atoms with E-state index in [2.05, 4.69) is 33.0 Å². The van der Waals surface area contributed by atoms with Crippen molar-refractivity contribution in [2.24, 2.45) is 34.5 Å². The van der Waals surface area contributed by atoms with Crippen LogP contribution in [0.3, 0.4) is 0 Å². The van der Waals surface area contributed by atoms with Gasteiger partial charge in [0.25, 0.3) is 0 Å². The third-order valence-electron chi connectivity index (χ3n) is 5.25. The van der Waals surface area contributed by atoms with Crippen molar-refractivity contribution in [2.45, 2.75) is 85.2 Å². The van der Waals surface area contributed by atoms with Gasteiger partial charge in [0.1, 0.15) is 0 Å². The highest BCUT2D eigenvalue weighted by Crippen LogP contribution is 2.36. The molecule has 0 spiro atoms. The number of rotatable bonds is 15. The maximum atomic E-state index is 6.15. The van der Waals surface area contributed by atoms with E-state index in [-0.39, 0.29) is 6.17 Å². The molecule has 4 nitrogen and oxygen atoms in total. The summed E-state index contributed by atoms with van der Waals surface area (Å²) >= 11 is 0. The van der Waals surface area contributed by atoms with E-state index in [9.17, 15) is 0 Å². The second-order valence-electron chi connectivity index (χ2n) is 8.14. The Hall–Kier alpha value is -0.160. The summed E-state index contributed by atoms with van der Waals surface area (Å²) in [7, 11) is 0. The van der Waals surface area contributed by atoms with E-state index in [4.69, 9.17) is 17.2 Å². The summed E-state index contributed by atoms with van der Waals surface area (Å²) in [6.45, 7) is 12.2. The lowest BCUT2D eigenvalue weighted by atomic mass is 9.72. The van der Waals surface area contributed by atoms with Crippen LogP contribution in [0.2, 0.25) is 0 Å². The first-order valence-corrected chi connectivity index (χ1v) is 9.72. The highest BCUT2D eigenvalue weighted by atomic mass is 15.0. The molecule has 7 N–H and O–H groups in total. The van der Waals surface area contributed by atoms with E-state index in [0.717, 1.165) is 44.8 Å². The van der Waals surface area contributed by atoms with Crippen LogP contribution >= 0.6 is 0 Å². The Bertz CT molecular complexity index is 268. The average Bonchev–Trinajstić information content (AvgIpc) is 2.49. The van der Waals surface area contributed by atoms with Gasteiger partial charge in [-0.2, -0.15) is 0 Å². The van der Waals surface area contributed by atoms with Crippen LogP contribution in [0.4, 0.5) is 0 Å². The van der Waals surface area contributed by atoms with E-state index in [1.807, 2.05) is 0 Å². The van der Waals surface area contributed by atoms with Crippen LogP contribution in [0.1, 0.15) is 79.1 Å². The van der Waals surface area contributed by atoms with Crippen molar-refractivity contribution >= 4 is 0 Å². The summed E-state index contributed by atoms with van der Waals surface area (Å²) in [5.74, 6) is 1.39. The van der Waals surface area contributed by atoms with Crippen molar-refractivity contribution in [2.75, 3.05) is 19.6 Å². The fourth-order valence-electron chi connectivity index (χ4n) is 3.30. The normalized spacial score (nSPS) is 16.3. The molecule has 23 heavy (non-hydrogen) atoms. The zero-order valence-corrected chi connectivity index (χ0v) is 16.2. The molecule has 0 amide bonds. The Morgan fingerprint density at radius 1 is 0.870 bits per heavy atom. The minimum Gasteiger partial charge on any atom is -0.330 e. The molecule has 0 aliphatic carbocycles. The lowest BCUT2D eigenvalue weighted by molar-refractivity contribution is 0.164. The summed E-state index contributed by atoms with van der Waals surface area (Å²) in [5, 5.41) is 3.50. The van der Waals surface area contributed by atoms with Gasteiger partial charge in [-0.1, -0.05) is 53.4 Å². The molecule has 0 heterocycles. The molecule has 0 radical (unpaired) electrons. The zero-order valence-electron chi connectivity index (χ0n) is 16.2. The predicted octanol–water partition coefficient (Wildman–Crippen LogP) is 3.20. The third-order valence-corrected chi connectivity index (χ3v) is 5.25. The largest absolute Gasteiger partial charge is 0.330 e. The van der Waals surface area contributed by atoms with Gasteiger partial charge in [-0.05, 0) is 62.6 Å². The molecule has 3 unspecified atom stereocenters. The number of nitrogens with two attached hydrogens (primary N) is 3. The monoisotopic (exact) mass is 328 g/mol. The lowest BCUT2D eigenvalue weighted by Crippen LogP contribution is -2.40. The number of hydrogen-bond donors (Lipinski definition) is 4. The summed E-state index contributed by atoms with van der Waals surface area (Å²) in [5.41, 5.74) is 17.6. The van der Waals surface area contributed by atoms with E-state index in [1.54, 1.807) is 0 Å².